The number of benzene rings is 1. The van der Waals surface area contributed by atoms with E-state index in [-0.39, 0.29) is 11.9 Å². The van der Waals surface area contributed by atoms with Crippen LogP contribution in [-0.4, -0.2) is 39.8 Å². The lowest BCUT2D eigenvalue weighted by Gasteiger charge is -2.22. The lowest BCUT2D eigenvalue weighted by atomic mass is 10.0. The highest BCUT2D eigenvalue weighted by atomic mass is 32.2. The van der Waals surface area contributed by atoms with Crippen LogP contribution in [0.25, 0.3) is 5.69 Å². The van der Waals surface area contributed by atoms with Crippen LogP contribution in [0.2, 0.25) is 0 Å². The van der Waals surface area contributed by atoms with Gasteiger partial charge in [0.2, 0.25) is 5.91 Å². The standard InChI is InChI=1S/C20H26N4OS/c25-20(12-16-14-26-11-10-21-16)22-19-13-18(15-6-4-5-7-15)23-24(19)17-8-2-1-3-9-17/h1-3,8-9,13,15-16,21H,4-7,10-12,14H2,(H,22,25). The summed E-state index contributed by atoms with van der Waals surface area (Å²) in [6.07, 6.45) is 5.45. The summed E-state index contributed by atoms with van der Waals surface area (Å²) >= 11 is 1.91. The second-order valence-corrected chi connectivity index (χ2v) is 8.31. The molecule has 0 radical (unpaired) electrons. The summed E-state index contributed by atoms with van der Waals surface area (Å²) in [6, 6.07) is 12.4. The zero-order valence-electron chi connectivity index (χ0n) is 15.0. The minimum absolute atomic E-state index is 0.0556. The number of rotatable bonds is 5. The van der Waals surface area contributed by atoms with Crippen LogP contribution in [0, 0.1) is 0 Å². The van der Waals surface area contributed by atoms with Crippen LogP contribution in [0.15, 0.2) is 36.4 Å². The van der Waals surface area contributed by atoms with Crippen molar-refractivity contribution in [2.45, 2.75) is 44.1 Å². The van der Waals surface area contributed by atoms with Gasteiger partial charge in [-0.1, -0.05) is 31.0 Å². The van der Waals surface area contributed by atoms with Gasteiger partial charge >= 0.3 is 0 Å². The summed E-state index contributed by atoms with van der Waals surface area (Å²) in [5.41, 5.74) is 2.09. The number of nitrogens with one attached hydrogen (secondary N) is 2. The number of para-hydroxylation sites is 1. The molecular weight excluding hydrogens is 344 g/mol. The highest BCUT2D eigenvalue weighted by Gasteiger charge is 2.23. The zero-order valence-corrected chi connectivity index (χ0v) is 15.8. The maximum absolute atomic E-state index is 12.6. The van der Waals surface area contributed by atoms with Gasteiger partial charge in [-0.05, 0) is 25.0 Å². The van der Waals surface area contributed by atoms with Gasteiger partial charge in [0.25, 0.3) is 0 Å². The van der Waals surface area contributed by atoms with Gasteiger partial charge in [0.15, 0.2) is 0 Å². The number of thioether (sulfide) groups is 1. The van der Waals surface area contributed by atoms with Crippen molar-refractivity contribution in [3.05, 3.63) is 42.1 Å². The van der Waals surface area contributed by atoms with Crippen LogP contribution in [0.1, 0.15) is 43.7 Å². The average molecular weight is 371 g/mol. The third-order valence-electron chi connectivity index (χ3n) is 5.20. The molecule has 1 aromatic carbocycles. The maximum atomic E-state index is 12.6. The van der Waals surface area contributed by atoms with Gasteiger partial charge in [-0.3, -0.25) is 4.79 Å². The van der Waals surface area contributed by atoms with E-state index < -0.39 is 0 Å². The Balaban J connectivity index is 1.53. The Labute approximate surface area is 158 Å². The molecule has 2 fully saturated rings. The van der Waals surface area contributed by atoms with Crippen LogP contribution in [-0.2, 0) is 4.79 Å². The first kappa shape index (κ1) is 17.6. The summed E-state index contributed by atoms with van der Waals surface area (Å²) in [4.78, 5) is 12.6. The molecule has 4 rings (SSSR count). The number of aromatic nitrogens is 2. The molecule has 6 heteroatoms. The van der Waals surface area contributed by atoms with Gasteiger partial charge in [-0.2, -0.15) is 16.9 Å². The van der Waals surface area contributed by atoms with Crippen LogP contribution in [0.4, 0.5) is 5.82 Å². The van der Waals surface area contributed by atoms with Crippen LogP contribution in [0.5, 0.6) is 0 Å². The van der Waals surface area contributed by atoms with Crippen molar-refractivity contribution in [1.29, 1.82) is 0 Å². The summed E-state index contributed by atoms with van der Waals surface area (Å²) < 4.78 is 1.88. The molecule has 0 bridgehead atoms. The molecule has 0 spiro atoms. The molecule has 2 aromatic rings. The second kappa shape index (κ2) is 8.27. The molecule has 5 nitrogen and oxygen atoms in total. The predicted molar refractivity (Wildman–Crippen MR) is 107 cm³/mol. The van der Waals surface area contributed by atoms with Gasteiger partial charge in [-0.15, -0.1) is 0 Å². The Kier molecular flexibility index (Phi) is 5.60. The Morgan fingerprint density at radius 1 is 1.27 bits per heavy atom. The predicted octanol–water partition coefficient (Wildman–Crippen LogP) is 3.56. The van der Waals surface area contributed by atoms with Crippen molar-refractivity contribution in [1.82, 2.24) is 15.1 Å². The summed E-state index contributed by atoms with van der Waals surface area (Å²) in [5.74, 6) is 3.49. The van der Waals surface area contributed by atoms with Crippen molar-refractivity contribution < 1.29 is 4.79 Å². The minimum atomic E-state index is 0.0556. The lowest BCUT2D eigenvalue weighted by Crippen LogP contribution is -2.40. The third kappa shape index (κ3) is 4.13. The van der Waals surface area contributed by atoms with E-state index in [0.29, 0.717) is 12.3 Å². The topological polar surface area (TPSA) is 59.0 Å². The number of anilines is 1. The Morgan fingerprint density at radius 3 is 2.81 bits per heavy atom. The smallest absolute Gasteiger partial charge is 0.227 e. The molecule has 2 aliphatic rings. The number of hydrogen-bond donors (Lipinski definition) is 2. The van der Waals surface area contributed by atoms with Crippen LogP contribution >= 0.6 is 11.8 Å². The molecule has 1 saturated carbocycles. The molecule has 2 heterocycles. The van der Waals surface area contributed by atoms with Gasteiger partial charge in [0, 0.05) is 42.5 Å². The fraction of sp³-hybridized carbons (Fsp3) is 0.500. The monoisotopic (exact) mass is 370 g/mol. The van der Waals surface area contributed by atoms with E-state index in [0.717, 1.165) is 35.2 Å². The number of amides is 1. The van der Waals surface area contributed by atoms with E-state index >= 15 is 0 Å². The Morgan fingerprint density at radius 2 is 2.08 bits per heavy atom. The van der Waals surface area contributed by atoms with E-state index in [1.165, 1.54) is 25.7 Å². The molecule has 26 heavy (non-hydrogen) atoms. The van der Waals surface area contributed by atoms with Crippen LogP contribution < -0.4 is 10.6 Å². The minimum Gasteiger partial charge on any atom is -0.312 e. The molecule has 1 aliphatic carbocycles. The SMILES string of the molecule is O=C(CC1CSCCN1)Nc1cc(C2CCCC2)nn1-c1ccccc1. The first-order valence-electron chi connectivity index (χ1n) is 9.56. The fourth-order valence-corrected chi connectivity index (χ4v) is 4.79. The molecule has 1 atom stereocenters. The summed E-state index contributed by atoms with van der Waals surface area (Å²) in [7, 11) is 0. The fourth-order valence-electron chi connectivity index (χ4n) is 3.84. The maximum Gasteiger partial charge on any atom is 0.227 e. The summed E-state index contributed by atoms with van der Waals surface area (Å²) in [5, 5.41) is 11.4. The van der Waals surface area contributed by atoms with Gasteiger partial charge in [-0.25, -0.2) is 4.68 Å². The van der Waals surface area contributed by atoms with Crippen molar-refractivity contribution in [3.63, 3.8) is 0 Å². The molecule has 1 aromatic heterocycles. The van der Waals surface area contributed by atoms with Gasteiger partial charge < -0.3 is 10.6 Å². The highest BCUT2D eigenvalue weighted by Crippen LogP contribution is 2.35. The number of carbonyl (C=O) groups is 1. The molecular formula is C20H26N4OS. The van der Waals surface area contributed by atoms with E-state index in [2.05, 4.69) is 16.7 Å². The van der Waals surface area contributed by atoms with Crippen LogP contribution in [0.3, 0.4) is 0 Å². The number of carbonyl (C=O) groups excluding carboxylic acids is 1. The third-order valence-corrected chi connectivity index (χ3v) is 6.33. The molecule has 138 valence electrons. The number of hydrogen-bond acceptors (Lipinski definition) is 4. The molecule has 1 aliphatic heterocycles. The highest BCUT2D eigenvalue weighted by molar-refractivity contribution is 7.99. The van der Waals surface area contributed by atoms with Crippen molar-refractivity contribution in [2.75, 3.05) is 23.4 Å². The average Bonchev–Trinajstić information content (AvgIpc) is 3.33. The largest absolute Gasteiger partial charge is 0.312 e. The van der Waals surface area contributed by atoms with Crippen molar-refractivity contribution in [2.24, 2.45) is 0 Å². The molecule has 1 saturated heterocycles. The normalized spacial score (nSPS) is 21.0. The Bertz CT molecular complexity index is 734. The van der Waals surface area contributed by atoms with Gasteiger partial charge in [0.1, 0.15) is 5.82 Å². The van der Waals surface area contributed by atoms with Crippen molar-refractivity contribution in [3.8, 4) is 5.69 Å². The Hall–Kier alpha value is -1.79. The van der Waals surface area contributed by atoms with Gasteiger partial charge in [0.05, 0.1) is 11.4 Å². The molecule has 1 unspecified atom stereocenters. The molecule has 2 N–H and O–H groups in total. The number of nitrogens with zero attached hydrogens (tertiary/aromatic N) is 2. The molecule has 1 amide bonds. The lowest BCUT2D eigenvalue weighted by molar-refractivity contribution is -0.116. The first-order valence-corrected chi connectivity index (χ1v) is 10.7. The first-order chi connectivity index (χ1) is 12.8. The van der Waals surface area contributed by atoms with E-state index in [1.54, 1.807) is 0 Å². The zero-order chi connectivity index (χ0) is 17.8. The van der Waals surface area contributed by atoms with E-state index in [9.17, 15) is 4.79 Å². The van der Waals surface area contributed by atoms with E-state index in [4.69, 9.17) is 5.10 Å². The van der Waals surface area contributed by atoms with E-state index in [1.807, 2.05) is 46.8 Å². The second-order valence-electron chi connectivity index (χ2n) is 7.16. The summed E-state index contributed by atoms with van der Waals surface area (Å²) in [6.45, 7) is 0.983. The quantitative estimate of drug-likeness (QED) is 0.845. The van der Waals surface area contributed by atoms with Crippen molar-refractivity contribution >= 4 is 23.5 Å².